The molecule has 5 atom stereocenters. The van der Waals surface area contributed by atoms with Crippen molar-refractivity contribution in [1.82, 2.24) is 13.9 Å². The maximum Gasteiger partial charge on any atom is 0.455 e. The fourth-order valence-corrected chi connectivity index (χ4v) is 12.6. The largest absolute Gasteiger partial charge is 0.560 e. The van der Waals surface area contributed by atoms with Crippen molar-refractivity contribution < 1.29 is 79.8 Å². The molecule has 5 aliphatic rings. The summed E-state index contributed by atoms with van der Waals surface area (Å²) in [5, 5.41) is 11.5. The molecular weight excluding hydrogens is 1100 g/mol. The standard InChI is InChI=1S/2C20H19NO6S.C20H21NO5/c2*1-25-19(22)18-10-11-27-28(24)21(18)20(23)26-12-17-15-8-4-2-6-13(15)14-7-3-5-9-16(14)17;1-25-19(23)18(10-11-22)21-20(24)26-12-17-15-8-4-2-6-13(15)14-7-3-5-9-16(14)17/h2*2-9,17-18H,10-12H2,1H3;2-9,17-18,22H,10-12H2,1H3,(H,21,24)/t2*18-,28?;18-/m000/s1. The van der Waals surface area contributed by atoms with E-state index in [1.165, 1.54) is 21.3 Å². The monoisotopic (exact) mass is 1160 g/mol. The van der Waals surface area contributed by atoms with Crippen molar-refractivity contribution in [2.75, 3.05) is 61.0 Å². The number of amides is 3. The number of fused-ring (bicyclic) bond motifs is 9. The molecule has 11 rings (SSSR count). The van der Waals surface area contributed by atoms with Crippen LogP contribution in [-0.2, 0) is 74.5 Å². The molecule has 2 aliphatic heterocycles. The molecule has 6 aromatic rings. The zero-order valence-corrected chi connectivity index (χ0v) is 46.5. The molecule has 0 bridgehead atoms. The van der Waals surface area contributed by atoms with E-state index < -0.39 is 77.6 Å². The highest BCUT2D eigenvalue weighted by atomic mass is 32.2. The Kier molecular flexibility index (Phi) is 19.5. The molecule has 428 valence electrons. The number of aliphatic hydroxyl groups excluding tert-OH is 1. The normalized spacial score (nSPS) is 18.6. The lowest BCUT2D eigenvalue weighted by Crippen LogP contribution is -2.53. The third-order valence-corrected chi connectivity index (χ3v) is 16.7. The van der Waals surface area contributed by atoms with Gasteiger partial charge in [-0.2, -0.15) is 0 Å². The lowest BCUT2D eigenvalue weighted by Gasteiger charge is -2.30. The van der Waals surface area contributed by atoms with Crippen LogP contribution in [0.2, 0.25) is 0 Å². The Morgan fingerprint density at radius 3 is 1.11 bits per heavy atom. The number of esters is 3. The Morgan fingerprint density at radius 1 is 0.512 bits per heavy atom. The van der Waals surface area contributed by atoms with E-state index in [0.29, 0.717) is 0 Å². The number of nitrogens with one attached hydrogen (secondary N) is 1. The minimum Gasteiger partial charge on any atom is -0.560 e. The smallest absolute Gasteiger partial charge is 0.455 e. The highest BCUT2D eigenvalue weighted by molar-refractivity contribution is 7.85. The first kappa shape index (κ1) is 58.7. The van der Waals surface area contributed by atoms with Gasteiger partial charge in [0.05, 0.1) is 21.3 Å². The number of methoxy groups -OCH3 is 3. The van der Waals surface area contributed by atoms with Crippen LogP contribution in [0.1, 0.15) is 70.4 Å². The van der Waals surface area contributed by atoms with E-state index in [4.69, 9.17) is 37.2 Å². The van der Waals surface area contributed by atoms with Gasteiger partial charge in [0.2, 0.25) is 0 Å². The maximum absolute atomic E-state index is 12.6. The van der Waals surface area contributed by atoms with E-state index in [0.717, 1.165) is 75.4 Å². The van der Waals surface area contributed by atoms with Gasteiger partial charge in [0.1, 0.15) is 39.1 Å². The Morgan fingerprint density at radius 2 is 0.817 bits per heavy atom. The van der Waals surface area contributed by atoms with E-state index in [2.05, 4.69) is 22.2 Å². The molecule has 2 N–H and O–H groups in total. The topological polar surface area (TPSA) is 261 Å². The van der Waals surface area contributed by atoms with Gasteiger partial charge in [0.25, 0.3) is 23.3 Å². The minimum absolute atomic E-state index is 0.0532. The van der Waals surface area contributed by atoms with E-state index in [1.807, 2.05) is 133 Å². The van der Waals surface area contributed by atoms with Crippen LogP contribution in [0, 0.1) is 0 Å². The third-order valence-electron chi connectivity index (χ3n) is 14.6. The molecule has 2 unspecified atom stereocenters. The van der Waals surface area contributed by atoms with Crippen LogP contribution in [0.4, 0.5) is 14.4 Å². The first-order chi connectivity index (χ1) is 39.9. The van der Waals surface area contributed by atoms with Crippen LogP contribution in [0.5, 0.6) is 0 Å². The number of alkyl carbamates (subject to hydrolysis) is 1. The summed E-state index contributed by atoms with van der Waals surface area (Å²) in [7, 11) is 3.67. The molecule has 6 aromatic carbocycles. The van der Waals surface area contributed by atoms with Crippen LogP contribution in [0.25, 0.3) is 33.4 Å². The Balaban J connectivity index is 0.000000148. The zero-order chi connectivity index (χ0) is 57.9. The summed E-state index contributed by atoms with van der Waals surface area (Å²) in [6.07, 6.45) is -1.98. The highest BCUT2D eigenvalue weighted by Gasteiger charge is 2.48. The summed E-state index contributed by atoms with van der Waals surface area (Å²) in [4.78, 5) is 72.9. The van der Waals surface area contributed by atoms with Crippen LogP contribution in [-0.4, -0.2) is 138 Å². The second-order valence-corrected chi connectivity index (χ2v) is 21.2. The van der Waals surface area contributed by atoms with Gasteiger partial charge in [-0.25, -0.2) is 28.8 Å². The first-order valence-corrected chi connectivity index (χ1v) is 28.3. The molecular formula is C60H59N3O17S2. The van der Waals surface area contributed by atoms with Gasteiger partial charge in [0, 0.05) is 43.6 Å². The summed E-state index contributed by atoms with van der Waals surface area (Å²) < 4.78 is 66.3. The van der Waals surface area contributed by atoms with Crippen molar-refractivity contribution in [3.8, 4) is 33.4 Å². The quantitative estimate of drug-likeness (QED) is 0.0668. The van der Waals surface area contributed by atoms with Crippen molar-refractivity contribution in [2.45, 2.75) is 55.1 Å². The van der Waals surface area contributed by atoms with Gasteiger partial charge in [-0.15, -0.1) is 8.37 Å². The highest BCUT2D eigenvalue weighted by Crippen LogP contribution is 2.47. The van der Waals surface area contributed by atoms with Crippen LogP contribution in [0.15, 0.2) is 146 Å². The van der Waals surface area contributed by atoms with Crippen molar-refractivity contribution >= 4 is 59.5 Å². The van der Waals surface area contributed by atoms with E-state index in [1.54, 1.807) is 0 Å². The molecule has 0 saturated carbocycles. The zero-order valence-electron chi connectivity index (χ0n) is 44.9. The molecule has 3 aliphatic carbocycles. The summed E-state index contributed by atoms with van der Waals surface area (Å²) in [5.41, 5.74) is 13.2. The number of hydrogen-bond donors (Lipinski definition) is 2. The van der Waals surface area contributed by atoms with Gasteiger partial charge in [0.15, 0.2) is 12.1 Å². The number of carbonyl (C=O) groups excluding carboxylic acids is 6. The molecule has 2 fully saturated rings. The SMILES string of the molecule is COC(=O)[C@@H]1CCO[S+]([O-])N1C(=O)OCC1c2ccccc2-c2ccccc21.COC(=O)[C@@H]1CCO[S+]([O-])N1C(=O)OCC1c2ccccc2-c2ccccc21.COC(=O)[C@H](CCO)NC(=O)OCC1c2ccccc2-c2ccccc21. The number of hydrogen-bond acceptors (Lipinski definition) is 17. The van der Waals surface area contributed by atoms with E-state index in [9.17, 15) is 37.9 Å². The van der Waals surface area contributed by atoms with Crippen molar-refractivity contribution in [3.63, 3.8) is 0 Å². The van der Waals surface area contributed by atoms with Gasteiger partial charge < -0.3 is 47.9 Å². The Bertz CT molecular complexity index is 3010. The van der Waals surface area contributed by atoms with Crippen molar-refractivity contribution in [1.29, 1.82) is 0 Å². The summed E-state index contributed by atoms with van der Waals surface area (Å²) in [5.74, 6) is -2.23. The predicted molar refractivity (Wildman–Crippen MR) is 299 cm³/mol. The molecule has 0 spiro atoms. The molecule has 20 nitrogen and oxygen atoms in total. The Hall–Kier alpha value is -7.96. The summed E-state index contributed by atoms with van der Waals surface area (Å²) in [6, 6.07) is 45.0. The van der Waals surface area contributed by atoms with E-state index in [-0.39, 0.29) is 76.7 Å². The van der Waals surface area contributed by atoms with Gasteiger partial charge in [-0.05, 0) is 66.8 Å². The first-order valence-electron chi connectivity index (χ1n) is 26.2. The van der Waals surface area contributed by atoms with E-state index >= 15 is 0 Å². The lowest BCUT2D eigenvalue weighted by atomic mass is 9.98. The average molecular weight is 1160 g/mol. The summed E-state index contributed by atoms with van der Waals surface area (Å²) >= 11 is -4.19. The maximum atomic E-state index is 12.6. The van der Waals surface area contributed by atoms with Crippen LogP contribution in [0.3, 0.4) is 0 Å². The van der Waals surface area contributed by atoms with Gasteiger partial charge in [-0.1, -0.05) is 154 Å². The van der Waals surface area contributed by atoms with Gasteiger partial charge in [-0.3, -0.25) is 0 Å². The molecule has 2 saturated heterocycles. The fourth-order valence-electron chi connectivity index (χ4n) is 10.7. The molecule has 3 amide bonds. The van der Waals surface area contributed by atoms with Gasteiger partial charge >= 0.3 is 36.2 Å². The fraction of sp³-hybridized carbons (Fsp3) is 0.300. The minimum atomic E-state index is -2.10. The number of benzene rings is 6. The molecule has 82 heavy (non-hydrogen) atoms. The predicted octanol–water partition coefficient (Wildman–Crippen LogP) is 8.01. The number of rotatable bonds is 12. The molecule has 2 heterocycles. The average Bonchev–Trinajstić information content (AvgIpc) is 4.30. The van der Waals surface area contributed by atoms with Crippen molar-refractivity contribution in [3.05, 3.63) is 179 Å². The molecule has 0 aromatic heterocycles. The van der Waals surface area contributed by atoms with Crippen LogP contribution < -0.4 is 5.32 Å². The second kappa shape index (κ2) is 27.2. The molecule has 22 heteroatoms. The Labute approximate surface area is 479 Å². The number of ether oxygens (including phenoxy) is 6. The second-order valence-electron chi connectivity index (χ2n) is 19.1. The lowest BCUT2D eigenvalue weighted by molar-refractivity contribution is -0.146. The summed E-state index contributed by atoms with van der Waals surface area (Å²) in [6.45, 7) is 0.234. The third kappa shape index (κ3) is 12.6. The number of aliphatic hydroxyl groups is 1. The number of carbonyl (C=O) groups is 6. The van der Waals surface area contributed by atoms with Crippen molar-refractivity contribution in [2.24, 2.45) is 0 Å². The van der Waals surface area contributed by atoms with Crippen LogP contribution >= 0.6 is 0 Å². The molecule has 0 radical (unpaired) electrons. The number of nitrogens with zero attached hydrogens (tertiary/aromatic N) is 2.